The fraction of sp³-hybridized carbons (Fsp3) is 0.750. The number of rotatable bonds is 1. The van der Waals surface area contributed by atoms with Gasteiger partial charge in [-0.2, -0.15) is 4.79 Å². The van der Waals surface area contributed by atoms with Crippen LogP contribution in [0.1, 0.15) is 27.2 Å². The van der Waals surface area contributed by atoms with Gasteiger partial charge in [0.15, 0.2) is 0 Å². The number of ether oxygens (including phenoxy) is 1. The van der Waals surface area contributed by atoms with E-state index in [4.69, 9.17) is 4.74 Å². The Morgan fingerprint density at radius 3 is 2.68 bits per heavy atom. The number of piperazine rings is 1. The maximum absolute atomic E-state index is 13.0. The third-order valence-corrected chi connectivity index (χ3v) is 8.57. The van der Waals surface area contributed by atoms with Crippen LogP contribution in [-0.4, -0.2) is 86.4 Å². The molecule has 0 saturated carbocycles. The molecule has 1 N–H and O–H groups in total. The SMILES string of the molecule is CC(C)(C)OC(=O)[N+]1(C)CC2CC(C1)C1=CC(N3CCNCC3)=IC(=O)N1C2. The van der Waals surface area contributed by atoms with Gasteiger partial charge in [-0.15, -0.1) is 0 Å². The number of amides is 2. The number of halogens is 1. The smallest absolute Gasteiger partial charge is 0.414 e. The molecule has 4 aliphatic rings. The molecule has 3 unspecified atom stereocenters. The molecule has 0 spiro atoms. The summed E-state index contributed by atoms with van der Waals surface area (Å²) >= 11 is -0.633. The normalized spacial score (nSPS) is 34.0. The van der Waals surface area contributed by atoms with Crippen molar-refractivity contribution in [2.24, 2.45) is 11.8 Å². The molecule has 2 amide bonds. The van der Waals surface area contributed by atoms with E-state index in [1.807, 2.05) is 27.8 Å². The summed E-state index contributed by atoms with van der Waals surface area (Å²) in [6.07, 6.45) is 3.22. The van der Waals surface area contributed by atoms with Gasteiger partial charge in [-0.3, -0.25) is 9.69 Å². The number of piperidine rings is 2. The molecule has 0 aromatic rings. The van der Waals surface area contributed by atoms with Gasteiger partial charge in [0.05, 0.1) is 23.8 Å². The number of nitrogens with one attached hydrogen (secondary N) is 1. The summed E-state index contributed by atoms with van der Waals surface area (Å²) in [5.41, 5.74) is 0.665. The molecule has 0 radical (unpaired) electrons. The van der Waals surface area contributed by atoms with Crippen LogP contribution in [0, 0.1) is 11.8 Å². The molecule has 0 aromatic carbocycles. The Hall–Kier alpha value is -0.840. The largest absolute Gasteiger partial charge is 0.516 e. The van der Waals surface area contributed by atoms with Gasteiger partial charge in [0.2, 0.25) is 0 Å². The van der Waals surface area contributed by atoms with Crippen LogP contribution >= 0.6 is 20.7 Å². The van der Waals surface area contributed by atoms with Crippen molar-refractivity contribution < 1.29 is 18.8 Å². The Bertz CT molecular complexity index is 738. The molecule has 4 rings (SSSR count). The molecule has 28 heavy (non-hydrogen) atoms. The highest BCUT2D eigenvalue weighted by Crippen LogP contribution is 2.42. The van der Waals surface area contributed by atoms with E-state index in [2.05, 4.69) is 21.2 Å². The summed E-state index contributed by atoms with van der Waals surface area (Å²) in [5.74, 6) is 0.610. The van der Waals surface area contributed by atoms with E-state index in [1.54, 1.807) is 0 Å². The summed E-state index contributed by atoms with van der Waals surface area (Å²) in [5, 5.41) is 3.39. The number of carbonyl (C=O) groups is 2. The maximum Gasteiger partial charge on any atom is 0.516 e. The second-order valence-electron chi connectivity index (χ2n) is 9.63. The first-order valence-corrected chi connectivity index (χ1v) is 12.4. The second kappa shape index (κ2) is 7.45. The summed E-state index contributed by atoms with van der Waals surface area (Å²) in [6, 6.07) is 0. The fourth-order valence-corrected chi connectivity index (χ4v) is 7.35. The van der Waals surface area contributed by atoms with Crippen LogP contribution in [0.2, 0.25) is 0 Å². The lowest BCUT2D eigenvalue weighted by Gasteiger charge is -2.49. The predicted molar refractivity (Wildman–Crippen MR) is 117 cm³/mol. The third kappa shape index (κ3) is 4.06. The molecule has 3 atom stereocenters. The van der Waals surface area contributed by atoms with Crippen molar-refractivity contribution in [2.75, 3.05) is 52.9 Å². The monoisotopic (exact) mass is 503 g/mol. The lowest BCUT2D eigenvalue weighted by Crippen LogP contribution is -2.63. The molecule has 3 saturated heterocycles. The predicted octanol–water partition coefficient (Wildman–Crippen LogP) is 2.34. The van der Waals surface area contributed by atoms with E-state index >= 15 is 0 Å². The van der Waals surface area contributed by atoms with Gasteiger partial charge in [0.1, 0.15) is 5.60 Å². The van der Waals surface area contributed by atoms with Gasteiger partial charge < -0.3 is 15.0 Å². The number of quaternary nitrogens is 1. The van der Waals surface area contributed by atoms with Crippen molar-refractivity contribution >= 4 is 34.4 Å². The molecule has 0 aromatic heterocycles. The molecule has 4 aliphatic heterocycles. The van der Waals surface area contributed by atoms with Gasteiger partial charge >= 0.3 is 6.09 Å². The minimum atomic E-state index is -0.633. The lowest BCUT2D eigenvalue weighted by atomic mass is 9.81. The highest BCUT2D eigenvalue weighted by atomic mass is 127. The molecule has 7 nitrogen and oxygen atoms in total. The van der Waals surface area contributed by atoms with E-state index in [9.17, 15) is 9.59 Å². The average Bonchev–Trinajstić information content (AvgIpc) is 2.61. The van der Waals surface area contributed by atoms with E-state index in [0.717, 1.165) is 51.4 Å². The fourth-order valence-electron chi connectivity index (χ4n) is 4.82. The van der Waals surface area contributed by atoms with Crippen molar-refractivity contribution in [3.05, 3.63) is 11.8 Å². The molecule has 3 fully saturated rings. The van der Waals surface area contributed by atoms with E-state index in [1.165, 1.54) is 3.63 Å². The minimum absolute atomic E-state index is 0.142. The quantitative estimate of drug-likeness (QED) is 0.258. The van der Waals surface area contributed by atoms with E-state index in [0.29, 0.717) is 20.9 Å². The van der Waals surface area contributed by atoms with E-state index < -0.39 is 26.3 Å². The van der Waals surface area contributed by atoms with E-state index in [-0.39, 0.29) is 12.0 Å². The number of carbonyl (C=O) groups excluding carboxylic acids is 2. The lowest BCUT2D eigenvalue weighted by molar-refractivity contribution is -0.852. The zero-order chi connectivity index (χ0) is 20.1. The third-order valence-electron chi connectivity index (χ3n) is 5.98. The van der Waals surface area contributed by atoms with Crippen molar-refractivity contribution in [3.8, 4) is 0 Å². The first kappa shape index (κ1) is 20.4. The number of nitrogens with zero attached hydrogens (tertiary/aromatic N) is 3. The van der Waals surface area contributed by atoms with Gasteiger partial charge in [-0.1, -0.05) is 0 Å². The van der Waals surface area contributed by atoms with Crippen LogP contribution in [-0.2, 0) is 4.74 Å². The molecular weight excluding hydrogens is 471 g/mol. The van der Waals surface area contributed by atoms with Gasteiger partial charge in [-0.25, -0.2) is 4.48 Å². The first-order chi connectivity index (χ1) is 13.1. The number of likely N-dealkylation sites (tertiary alicyclic amines) is 1. The zero-order valence-electron chi connectivity index (χ0n) is 17.3. The molecular formula is C20H32IN4O3+. The molecule has 2 bridgehead atoms. The van der Waals surface area contributed by atoms with Crippen LogP contribution in [0.4, 0.5) is 9.59 Å². The summed E-state index contributed by atoms with van der Waals surface area (Å²) in [7, 11) is 2.00. The van der Waals surface area contributed by atoms with Gasteiger partial charge in [0.25, 0.3) is 3.91 Å². The minimum Gasteiger partial charge on any atom is -0.414 e. The number of fused-ring (bicyclic) bond motifs is 4. The topological polar surface area (TPSA) is 61.9 Å². The Morgan fingerprint density at radius 2 is 2.00 bits per heavy atom. The number of hydrogen-bond acceptors (Lipinski definition) is 5. The summed E-state index contributed by atoms with van der Waals surface area (Å²) in [4.78, 5) is 30.4. The van der Waals surface area contributed by atoms with Crippen LogP contribution in [0.25, 0.3) is 0 Å². The maximum atomic E-state index is 13.0. The van der Waals surface area contributed by atoms with Crippen LogP contribution < -0.4 is 5.32 Å². The van der Waals surface area contributed by atoms with Crippen molar-refractivity contribution in [2.45, 2.75) is 32.8 Å². The Labute approximate surface area is 177 Å². The Kier molecular flexibility index (Phi) is 5.43. The molecule has 4 heterocycles. The summed E-state index contributed by atoms with van der Waals surface area (Å²) in [6.45, 7) is 11.9. The van der Waals surface area contributed by atoms with Crippen LogP contribution in [0.3, 0.4) is 0 Å². The molecule has 8 heteroatoms. The standard InChI is InChI=1S/C20H32IN4O3/c1-20(2,3)28-19(27)25(4)12-14-9-15(13-25)16-10-17(21-18(26)24(16)11-14)23-7-5-22-6-8-23/h10,14-15,22H,5-9,11-13H2,1-4H3/q+1. The molecule has 156 valence electrons. The first-order valence-electron chi connectivity index (χ1n) is 10.2. The second-order valence-corrected chi connectivity index (χ2v) is 12.2. The average molecular weight is 503 g/mol. The highest BCUT2D eigenvalue weighted by molar-refractivity contribution is 14.2. The van der Waals surface area contributed by atoms with Crippen molar-refractivity contribution in [1.82, 2.24) is 15.1 Å². The molecule has 0 aliphatic carbocycles. The number of hydrogen-bond donors (Lipinski definition) is 1. The van der Waals surface area contributed by atoms with Crippen molar-refractivity contribution in [3.63, 3.8) is 0 Å². The van der Waals surface area contributed by atoms with Crippen LogP contribution in [0.15, 0.2) is 11.8 Å². The van der Waals surface area contributed by atoms with Crippen LogP contribution in [0.5, 0.6) is 0 Å². The van der Waals surface area contributed by atoms with Gasteiger partial charge in [0, 0.05) is 71.0 Å². The summed E-state index contributed by atoms with van der Waals surface area (Å²) < 4.78 is 7.63. The van der Waals surface area contributed by atoms with Gasteiger partial charge in [-0.05, 0) is 33.3 Å². The van der Waals surface area contributed by atoms with Crippen molar-refractivity contribution in [1.29, 1.82) is 0 Å². The Balaban J connectivity index is 1.57. The highest BCUT2D eigenvalue weighted by Gasteiger charge is 2.51. The zero-order valence-corrected chi connectivity index (χ0v) is 19.5. The Morgan fingerprint density at radius 1 is 1.29 bits per heavy atom.